The lowest BCUT2D eigenvalue weighted by Crippen LogP contribution is -2.34. The van der Waals surface area contributed by atoms with E-state index in [-0.39, 0.29) is 51.2 Å². The number of halogens is 4. The Morgan fingerprint density at radius 1 is 1.13 bits per heavy atom. The molecule has 0 spiro atoms. The average molecular weight is 461 g/mol. The van der Waals surface area contributed by atoms with Crippen LogP contribution in [0.2, 0.25) is 5.02 Å². The van der Waals surface area contributed by atoms with Crippen LogP contribution >= 0.6 is 23.4 Å². The highest BCUT2D eigenvalue weighted by Gasteiger charge is 2.31. The van der Waals surface area contributed by atoms with E-state index < -0.39 is 11.4 Å². The van der Waals surface area contributed by atoms with Crippen LogP contribution < -0.4 is 10.1 Å². The maximum absolute atomic E-state index is 12.7. The molecular weight excluding hydrogens is 441 g/mol. The Balaban J connectivity index is 2.08. The number of ether oxygens (including phenoxy) is 1. The molecule has 0 radical (unpaired) electrons. The Morgan fingerprint density at radius 3 is 2.40 bits per heavy atom. The van der Waals surface area contributed by atoms with Crippen molar-refractivity contribution in [1.82, 2.24) is 4.90 Å². The van der Waals surface area contributed by atoms with Crippen molar-refractivity contribution in [2.24, 2.45) is 0 Å². The smallest absolute Gasteiger partial charge is 0.446 e. The van der Waals surface area contributed by atoms with Crippen LogP contribution in [0.15, 0.2) is 47.4 Å². The largest absolute Gasteiger partial charge is 0.482 e. The zero-order valence-corrected chi connectivity index (χ0v) is 17.8. The first kappa shape index (κ1) is 23.9. The fourth-order valence-corrected chi connectivity index (χ4v) is 3.47. The van der Waals surface area contributed by atoms with Crippen molar-refractivity contribution in [3.63, 3.8) is 0 Å². The molecular formula is C20H20ClF3N2O3S. The number of alkyl halides is 3. The average Bonchev–Trinajstić information content (AvgIpc) is 2.67. The first-order valence-corrected chi connectivity index (χ1v) is 10.2. The number of anilines is 1. The van der Waals surface area contributed by atoms with Crippen LogP contribution in [-0.4, -0.2) is 41.9 Å². The van der Waals surface area contributed by atoms with Crippen LogP contribution in [0.25, 0.3) is 0 Å². The maximum Gasteiger partial charge on any atom is 0.446 e. The lowest BCUT2D eigenvalue weighted by molar-refractivity contribution is -0.132. The van der Waals surface area contributed by atoms with Crippen molar-refractivity contribution in [3.8, 4) is 5.75 Å². The summed E-state index contributed by atoms with van der Waals surface area (Å²) >= 11 is 5.80. The highest BCUT2D eigenvalue weighted by Crippen LogP contribution is 2.38. The van der Waals surface area contributed by atoms with Crippen LogP contribution in [0, 0.1) is 0 Å². The molecule has 0 saturated carbocycles. The van der Waals surface area contributed by atoms with Gasteiger partial charge in [-0.2, -0.15) is 13.2 Å². The number of nitrogens with zero attached hydrogens (tertiary/aromatic N) is 1. The van der Waals surface area contributed by atoms with E-state index >= 15 is 0 Å². The van der Waals surface area contributed by atoms with Crippen molar-refractivity contribution in [3.05, 3.63) is 53.1 Å². The first-order valence-electron chi connectivity index (χ1n) is 9.00. The van der Waals surface area contributed by atoms with E-state index in [9.17, 15) is 22.8 Å². The second-order valence-corrected chi connectivity index (χ2v) is 7.51. The van der Waals surface area contributed by atoms with Gasteiger partial charge in [0.1, 0.15) is 5.75 Å². The molecule has 1 N–H and O–H groups in total. The fraction of sp³-hybridized carbons (Fsp3) is 0.300. The summed E-state index contributed by atoms with van der Waals surface area (Å²) in [6.45, 7) is 4.65. The molecule has 0 bridgehead atoms. The zero-order valence-electron chi connectivity index (χ0n) is 16.3. The van der Waals surface area contributed by atoms with Gasteiger partial charge in [-0.25, -0.2) is 0 Å². The van der Waals surface area contributed by atoms with Gasteiger partial charge < -0.3 is 15.0 Å². The molecule has 0 saturated heterocycles. The maximum atomic E-state index is 12.7. The van der Waals surface area contributed by atoms with E-state index in [4.69, 9.17) is 16.3 Å². The Labute approximate surface area is 181 Å². The summed E-state index contributed by atoms with van der Waals surface area (Å²) in [5.41, 5.74) is -4.35. The normalized spacial score (nSPS) is 11.1. The van der Waals surface area contributed by atoms with Crippen molar-refractivity contribution in [1.29, 1.82) is 0 Å². The minimum absolute atomic E-state index is 0.110. The molecule has 2 aromatic carbocycles. The molecule has 0 unspecified atom stereocenters. The van der Waals surface area contributed by atoms with Crippen LogP contribution in [0.5, 0.6) is 5.75 Å². The van der Waals surface area contributed by atoms with E-state index in [0.717, 1.165) is 0 Å². The second kappa shape index (κ2) is 10.6. The number of carbonyl (C=O) groups excluding carboxylic acids is 2. The minimum Gasteiger partial charge on any atom is -0.482 e. The lowest BCUT2D eigenvalue weighted by atomic mass is 10.2. The topological polar surface area (TPSA) is 58.6 Å². The van der Waals surface area contributed by atoms with Gasteiger partial charge in [-0.3, -0.25) is 9.59 Å². The van der Waals surface area contributed by atoms with E-state index in [0.29, 0.717) is 13.1 Å². The van der Waals surface area contributed by atoms with Crippen molar-refractivity contribution in [2.75, 3.05) is 25.0 Å². The molecule has 10 heteroatoms. The first-order chi connectivity index (χ1) is 14.1. The SMILES string of the molecule is CCN(CC)C(=O)COc1ccc(NC(=O)c2ccccc2SC(F)(F)F)cc1Cl. The van der Waals surface area contributed by atoms with E-state index in [1.54, 1.807) is 4.90 Å². The molecule has 5 nitrogen and oxygen atoms in total. The third-order valence-corrected chi connectivity index (χ3v) is 5.12. The summed E-state index contributed by atoms with van der Waals surface area (Å²) < 4.78 is 43.6. The monoisotopic (exact) mass is 460 g/mol. The molecule has 0 aliphatic carbocycles. The third kappa shape index (κ3) is 6.84. The van der Waals surface area contributed by atoms with Crippen LogP contribution in [0.3, 0.4) is 0 Å². The Hall–Kier alpha value is -2.39. The van der Waals surface area contributed by atoms with Gasteiger partial charge >= 0.3 is 5.51 Å². The second-order valence-electron chi connectivity index (χ2n) is 6.00. The molecule has 2 amide bonds. The fourth-order valence-electron chi connectivity index (χ4n) is 2.57. The highest BCUT2D eigenvalue weighted by molar-refractivity contribution is 8.00. The van der Waals surface area contributed by atoms with E-state index in [2.05, 4.69) is 5.32 Å². The summed E-state index contributed by atoms with van der Waals surface area (Å²) in [6, 6.07) is 9.80. The molecule has 2 rings (SSSR count). The summed E-state index contributed by atoms with van der Waals surface area (Å²) in [5.74, 6) is -0.640. The summed E-state index contributed by atoms with van der Waals surface area (Å²) in [6.07, 6.45) is 0. The zero-order chi connectivity index (χ0) is 22.3. The number of thioether (sulfide) groups is 1. The Morgan fingerprint density at radius 2 is 1.80 bits per heavy atom. The van der Waals surface area contributed by atoms with Gasteiger partial charge in [-0.1, -0.05) is 23.7 Å². The van der Waals surface area contributed by atoms with Gasteiger partial charge in [-0.05, 0) is 55.9 Å². The van der Waals surface area contributed by atoms with Gasteiger partial charge in [0, 0.05) is 23.7 Å². The van der Waals surface area contributed by atoms with Crippen LogP contribution in [0.1, 0.15) is 24.2 Å². The predicted molar refractivity (Wildman–Crippen MR) is 111 cm³/mol. The quantitative estimate of drug-likeness (QED) is 0.532. The molecule has 0 heterocycles. The van der Waals surface area contributed by atoms with Gasteiger partial charge in [0.15, 0.2) is 6.61 Å². The molecule has 0 fully saturated rings. The van der Waals surface area contributed by atoms with Gasteiger partial charge in [-0.15, -0.1) is 0 Å². The van der Waals surface area contributed by atoms with E-state index in [1.165, 1.54) is 42.5 Å². The number of rotatable bonds is 8. The van der Waals surface area contributed by atoms with Gasteiger partial charge in [0.25, 0.3) is 11.8 Å². The number of hydrogen-bond donors (Lipinski definition) is 1. The molecule has 0 aliphatic rings. The number of benzene rings is 2. The third-order valence-electron chi connectivity index (χ3n) is 4.01. The summed E-state index contributed by atoms with van der Waals surface area (Å²) in [7, 11) is 0. The van der Waals surface area contributed by atoms with Crippen molar-refractivity contribution >= 4 is 40.9 Å². The Kier molecular flexibility index (Phi) is 8.43. The van der Waals surface area contributed by atoms with Crippen molar-refractivity contribution in [2.45, 2.75) is 24.3 Å². The standard InChI is InChI=1S/C20H20ClF3N2O3S/c1-3-26(4-2)18(27)12-29-16-10-9-13(11-15(16)21)25-19(28)14-7-5-6-8-17(14)30-20(22,23)24/h5-11H,3-4,12H2,1-2H3,(H,25,28). The molecule has 0 aliphatic heterocycles. The van der Waals surface area contributed by atoms with Gasteiger partial charge in [0.05, 0.1) is 10.6 Å². The summed E-state index contributed by atoms with van der Waals surface area (Å²) in [5, 5.41) is 2.67. The molecule has 0 aromatic heterocycles. The molecule has 30 heavy (non-hydrogen) atoms. The van der Waals surface area contributed by atoms with Crippen LogP contribution in [0.4, 0.5) is 18.9 Å². The minimum atomic E-state index is -4.51. The van der Waals surface area contributed by atoms with E-state index in [1.807, 2.05) is 13.8 Å². The highest BCUT2D eigenvalue weighted by atomic mass is 35.5. The van der Waals surface area contributed by atoms with Gasteiger partial charge in [0.2, 0.25) is 0 Å². The number of hydrogen-bond acceptors (Lipinski definition) is 4. The molecule has 0 atom stereocenters. The van der Waals surface area contributed by atoms with Crippen molar-refractivity contribution < 1.29 is 27.5 Å². The lowest BCUT2D eigenvalue weighted by Gasteiger charge is -2.19. The van der Waals surface area contributed by atoms with Crippen LogP contribution in [-0.2, 0) is 4.79 Å². The predicted octanol–water partition coefficient (Wildman–Crippen LogP) is 5.45. The number of amides is 2. The summed E-state index contributed by atoms with van der Waals surface area (Å²) in [4.78, 5) is 25.9. The number of carbonyl (C=O) groups is 2. The number of likely N-dealkylation sites (N-methyl/N-ethyl adjacent to an activating group) is 1. The molecule has 2 aromatic rings. The number of nitrogens with one attached hydrogen (secondary N) is 1. The molecule has 162 valence electrons. The Bertz CT molecular complexity index is 905.